The minimum atomic E-state index is 0. The third kappa shape index (κ3) is 45.7. The molecule has 0 aromatic carbocycles. The molecular formula is C3H6BrMg. The molecule has 0 atom stereocenters. The summed E-state index contributed by atoms with van der Waals surface area (Å²) in [5.74, 6) is 0. The fourth-order valence-corrected chi connectivity index (χ4v) is 0. The Hall–Kier alpha value is 0.986. The predicted molar refractivity (Wildman–Crippen MR) is 30.9 cm³/mol. The van der Waals surface area contributed by atoms with E-state index in [1.165, 1.54) is 3.70 Å². The van der Waals surface area contributed by atoms with Gasteiger partial charge in [-0.15, -0.1) is 23.6 Å². The smallest absolute Gasteiger partial charge is 0.238 e. The Kier molecular flexibility index (Phi) is 9.34. The van der Waals surface area contributed by atoms with E-state index in [9.17, 15) is 0 Å². The maximum absolute atomic E-state index is 3.57. The summed E-state index contributed by atoms with van der Waals surface area (Å²) in [7, 11) is 0. The molecule has 0 heterocycles. The summed E-state index contributed by atoms with van der Waals surface area (Å²) >= 11 is 1.81. The van der Waals surface area contributed by atoms with E-state index in [2.05, 4.69) is 6.58 Å². The fraction of sp³-hybridized carbons (Fsp3) is 0.333. The van der Waals surface area contributed by atoms with Crippen molar-refractivity contribution in [2.24, 2.45) is 0 Å². The molecule has 0 aromatic heterocycles. The lowest BCUT2D eigenvalue weighted by atomic mass is 10.7. The minimum absolute atomic E-state index is 0. The van der Waals surface area contributed by atoms with Gasteiger partial charge in [-0.25, -0.2) is 3.70 Å². The Morgan fingerprint density at radius 2 is 1.80 bits per heavy atom. The first-order chi connectivity index (χ1) is 1.73. The first kappa shape index (κ1) is 9.37. The molecule has 0 nitrogen and oxygen atoms in total. The number of hydrogen-bond donors (Lipinski definition) is 0. The molecule has 0 aromatic rings. The van der Waals surface area contributed by atoms with Gasteiger partial charge in [0, 0.05) is 0 Å². The van der Waals surface area contributed by atoms with E-state index in [0.717, 1.165) is 0 Å². The summed E-state index contributed by atoms with van der Waals surface area (Å²) in [5.41, 5.74) is 0. The third-order valence-corrected chi connectivity index (χ3v) is 0. The normalized spacial score (nSPS) is 4.80. The highest BCUT2D eigenvalue weighted by molar-refractivity contribution is 8.93. The average molecular weight is 146 g/mol. The van der Waals surface area contributed by atoms with Crippen LogP contribution in [0.5, 0.6) is 0 Å². The SMILES string of the molecule is Br.C=[C](C)[Mg]. The molecule has 0 saturated carbocycles. The van der Waals surface area contributed by atoms with Crippen LogP contribution in [0, 0.1) is 0 Å². The van der Waals surface area contributed by atoms with E-state index >= 15 is 0 Å². The highest BCUT2D eigenvalue weighted by Crippen LogP contribution is 1.65. The monoisotopic (exact) mass is 145 g/mol. The largest absolute Gasteiger partial charge is 0.267 e. The molecule has 0 unspecified atom stereocenters. The molecule has 0 aliphatic rings. The fourth-order valence-electron chi connectivity index (χ4n) is 0. The van der Waals surface area contributed by atoms with Gasteiger partial charge in [0.15, 0.2) is 0 Å². The van der Waals surface area contributed by atoms with E-state index in [4.69, 9.17) is 0 Å². The van der Waals surface area contributed by atoms with Crippen LogP contribution in [-0.4, -0.2) is 21.7 Å². The molecule has 27 valence electrons. The number of hydrogen-bond acceptors (Lipinski definition) is 0. The van der Waals surface area contributed by atoms with E-state index in [1.54, 1.807) is 0 Å². The first-order valence-corrected chi connectivity index (χ1v) is 1.91. The van der Waals surface area contributed by atoms with Gasteiger partial charge in [0.1, 0.15) is 0 Å². The lowest BCUT2D eigenvalue weighted by Gasteiger charge is -1.69. The van der Waals surface area contributed by atoms with E-state index < -0.39 is 0 Å². The van der Waals surface area contributed by atoms with Gasteiger partial charge in [0.2, 0.25) is 0 Å². The van der Waals surface area contributed by atoms with Gasteiger partial charge in [0.25, 0.3) is 21.7 Å². The van der Waals surface area contributed by atoms with Gasteiger partial charge >= 0.3 is 0 Å². The molecule has 0 spiro atoms. The maximum Gasteiger partial charge on any atom is 0.267 e. The van der Waals surface area contributed by atoms with Crippen LogP contribution in [0.3, 0.4) is 0 Å². The lowest BCUT2D eigenvalue weighted by molar-refractivity contribution is 1.72. The molecule has 0 fully saturated rings. The molecule has 0 aliphatic carbocycles. The Bertz CT molecular complexity index is 29.9. The summed E-state index contributed by atoms with van der Waals surface area (Å²) in [6.45, 7) is 5.55. The molecule has 5 heavy (non-hydrogen) atoms. The second-order valence-corrected chi connectivity index (χ2v) is 2.16. The highest BCUT2D eigenvalue weighted by Gasteiger charge is 1.51. The highest BCUT2D eigenvalue weighted by atomic mass is 79.9. The van der Waals surface area contributed by atoms with Crippen LogP contribution < -0.4 is 0 Å². The summed E-state index contributed by atoms with van der Waals surface area (Å²) < 4.78 is 1.19. The zero-order valence-electron chi connectivity index (χ0n) is 3.32. The van der Waals surface area contributed by atoms with Crippen LogP contribution in [0.2, 0.25) is 0 Å². The van der Waals surface area contributed by atoms with Gasteiger partial charge in [0.05, 0.1) is 0 Å². The molecule has 0 aliphatic heterocycles. The van der Waals surface area contributed by atoms with E-state index in [1.807, 2.05) is 28.6 Å². The van der Waals surface area contributed by atoms with Crippen molar-refractivity contribution in [2.45, 2.75) is 6.92 Å². The van der Waals surface area contributed by atoms with Crippen molar-refractivity contribution in [3.05, 3.63) is 10.3 Å². The second kappa shape index (κ2) is 4.99. The van der Waals surface area contributed by atoms with Crippen LogP contribution in [0.25, 0.3) is 0 Å². The van der Waals surface area contributed by atoms with Crippen molar-refractivity contribution in [2.75, 3.05) is 0 Å². The van der Waals surface area contributed by atoms with Crippen LogP contribution in [0.15, 0.2) is 10.3 Å². The molecule has 0 bridgehead atoms. The first-order valence-electron chi connectivity index (χ1n) is 1.21. The second-order valence-electron chi connectivity index (χ2n) is 0.957. The van der Waals surface area contributed by atoms with Gasteiger partial charge in [-0.2, -0.15) is 0 Å². The van der Waals surface area contributed by atoms with Gasteiger partial charge < -0.3 is 0 Å². The Balaban J connectivity index is 0. The minimum Gasteiger partial charge on any atom is -0.238 e. The van der Waals surface area contributed by atoms with Crippen molar-refractivity contribution in [1.29, 1.82) is 0 Å². The number of allylic oxidation sites excluding steroid dienone is 1. The van der Waals surface area contributed by atoms with Crippen molar-refractivity contribution >= 4 is 38.7 Å². The van der Waals surface area contributed by atoms with Gasteiger partial charge in [-0.3, -0.25) is 0 Å². The van der Waals surface area contributed by atoms with Crippen LogP contribution in [0.4, 0.5) is 0 Å². The van der Waals surface area contributed by atoms with Gasteiger partial charge in [-0.1, -0.05) is 6.92 Å². The Labute approximate surface area is 55.8 Å². The van der Waals surface area contributed by atoms with Crippen molar-refractivity contribution in [3.63, 3.8) is 0 Å². The molecular weight excluding hydrogens is 140 g/mol. The standard InChI is InChI=1S/C3H5.BrH.Mg/c1-3-2;;/h1H2,2H3;1H;. The summed E-state index contributed by atoms with van der Waals surface area (Å²) in [6.07, 6.45) is 0. The van der Waals surface area contributed by atoms with E-state index in [-0.39, 0.29) is 17.0 Å². The van der Waals surface area contributed by atoms with Crippen molar-refractivity contribution in [3.8, 4) is 0 Å². The van der Waals surface area contributed by atoms with Crippen LogP contribution in [0.1, 0.15) is 6.92 Å². The summed E-state index contributed by atoms with van der Waals surface area (Å²) in [6, 6.07) is 0. The van der Waals surface area contributed by atoms with E-state index in [0.29, 0.717) is 0 Å². The third-order valence-electron chi connectivity index (χ3n) is 0. The van der Waals surface area contributed by atoms with Crippen molar-refractivity contribution in [1.82, 2.24) is 0 Å². The zero-order chi connectivity index (χ0) is 3.58. The number of rotatable bonds is 0. The Morgan fingerprint density at radius 3 is 1.80 bits per heavy atom. The molecule has 0 N–H and O–H groups in total. The van der Waals surface area contributed by atoms with Crippen LogP contribution >= 0.6 is 17.0 Å². The molecule has 0 saturated heterocycles. The summed E-state index contributed by atoms with van der Waals surface area (Å²) in [5, 5.41) is 0. The molecule has 0 rings (SSSR count). The topological polar surface area (TPSA) is 0 Å². The van der Waals surface area contributed by atoms with Crippen LogP contribution in [-0.2, 0) is 0 Å². The van der Waals surface area contributed by atoms with Gasteiger partial charge in [-0.05, 0) is 0 Å². The molecule has 1 radical (unpaired) electrons. The maximum atomic E-state index is 3.57. The summed E-state index contributed by atoms with van der Waals surface area (Å²) in [4.78, 5) is 0. The average Bonchev–Trinajstić information content (AvgIpc) is 0.811. The number of halogens is 1. The zero-order valence-corrected chi connectivity index (χ0v) is 6.45. The quantitative estimate of drug-likeness (QED) is 0.451. The lowest BCUT2D eigenvalue weighted by Crippen LogP contribution is -1.56. The van der Waals surface area contributed by atoms with Crippen molar-refractivity contribution < 1.29 is 0 Å². The molecule has 2 heteroatoms. The molecule has 0 amide bonds. The predicted octanol–water partition coefficient (Wildman–Crippen LogP) is 1.27. The Morgan fingerprint density at radius 1 is 1.80 bits per heavy atom.